The van der Waals surface area contributed by atoms with Crippen LogP contribution in [0.5, 0.6) is 5.75 Å². The van der Waals surface area contributed by atoms with Gasteiger partial charge in [0.05, 0.1) is 7.11 Å². The van der Waals surface area contributed by atoms with E-state index in [9.17, 15) is 4.79 Å². The fourth-order valence-electron chi connectivity index (χ4n) is 3.25. The lowest BCUT2D eigenvalue weighted by molar-refractivity contribution is 0.0732. The van der Waals surface area contributed by atoms with Gasteiger partial charge in [0.15, 0.2) is 0 Å². The van der Waals surface area contributed by atoms with Crippen LogP contribution in [0, 0.1) is 0 Å². The van der Waals surface area contributed by atoms with Crippen molar-refractivity contribution >= 4 is 16.7 Å². The quantitative estimate of drug-likeness (QED) is 0.681. The zero-order valence-corrected chi connectivity index (χ0v) is 14.3. The van der Waals surface area contributed by atoms with Crippen molar-refractivity contribution in [3.8, 4) is 5.75 Å². The predicted octanol–water partition coefficient (Wildman–Crippen LogP) is 4.65. The van der Waals surface area contributed by atoms with E-state index in [-0.39, 0.29) is 5.91 Å². The Kier molecular flexibility index (Phi) is 4.14. The predicted molar refractivity (Wildman–Crippen MR) is 99.8 cm³/mol. The number of hydrogen-bond donors (Lipinski definition) is 0. The van der Waals surface area contributed by atoms with E-state index in [1.54, 1.807) is 7.11 Å². The van der Waals surface area contributed by atoms with Crippen LogP contribution in [0.4, 0.5) is 0 Å². The Bertz CT molecular complexity index is 892. The second-order valence-electron chi connectivity index (χ2n) is 6.54. The molecule has 0 N–H and O–H groups in total. The zero-order chi connectivity index (χ0) is 17.2. The van der Waals surface area contributed by atoms with Crippen LogP contribution in [0.3, 0.4) is 0 Å². The average Bonchev–Trinajstić information content (AvgIpc) is 3.50. The highest BCUT2D eigenvalue weighted by atomic mass is 16.5. The van der Waals surface area contributed by atoms with Gasteiger partial charge in [-0.25, -0.2) is 0 Å². The summed E-state index contributed by atoms with van der Waals surface area (Å²) in [5.41, 5.74) is 1.92. The number of fused-ring (bicyclic) bond motifs is 1. The van der Waals surface area contributed by atoms with Crippen molar-refractivity contribution in [1.29, 1.82) is 0 Å². The van der Waals surface area contributed by atoms with Gasteiger partial charge in [-0.3, -0.25) is 4.79 Å². The number of amides is 1. The maximum absolute atomic E-state index is 13.3. The maximum Gasteiger partial charge on any atom is 0.255 e. The number of carbonyl (C=O) groups is 1. The Labute approximate surface area is 147 Å². The molecule has 1 aliphatic rings. The Balaban J connectivity index is 1.64. The van der Waals surface area contributed by atoms with Crippen LogP contribution in [-0.4, -0.2) is 24.0 Å². The van der Waals surface area contributed by atoms with E-state index < -0.39 is 0 Å². The van der Waals surface area contributed by atoms with Gasteiger partial charge in [0, 0.05) is 18.2 Å². The second kappa shape index (κ2) is 6.60. The summed E-state index contributed by atoms with van der Waals surface area (Å²) in [6.07, 6.45) is 2.18. The van der Waals surface area contributed by atoms with Crippen LogP contribution in [0.1, 0.15) is 28.8 Å². The minimum atomic E-state index is 0.120. The van der Waals surface area contributed by atoms with Crippen LogP contribution in [-0.2, 0) is 6.54 Å². The van der Waals surface area contributed by atoms with Gasteiger partial charge in [-0.15, -0.1) is 0 Å². The van der Waals surface area contributed by atoms with Crippen LogP contribution in [0.15, 0.2) is 66.7 Å². The third-order valence-electron chi connectivity index (χ3n) is 4.78. The van der Waals surface area contributed by atoms with Gasteiger partial charge in [-0.2, -0.15) is 0 Å². The summed E-state index contributed by atoms with van der Waals surface area (Å²) < 4.78 is 5.22. The van der Waals surface area contributed by atoms with Crippen LogP contribution < -0.4 is 4.74 Å². The third kappa shape index (κ3) is 3.22. The van der Waals surface area contributed by atoms with E-state index in [1.165, 1.54) is 0 Å². The molecule has 126 valence electrons. The molecule has 0 unspecified atom stereocenters. The van der Waals surface area contributed by atoms with E-state index in [1.807, 2.05) is 59.5 Å². The Morgan fingerprint density at radius 2 is 1.72 bits per heavy atom. The van der Waals surface area contributed by atoms with E-state index in [2.05, 4.69) is 12.1 Å². The van der Waals surface area contributed by atoms with Crippen molar-refractivity contribution in [2.75, 3.05) is 7.11 Å². The van der Waals surface area contributed by atoms with Crippen LogP contribution >= 0.6 is 0 Å². The highest BCUT2D eigenvalue weighted by Crippen LogP contribution is 2.31. The number of ether oxygens (including phenoxy) is 1. The molecule has 0 spiro atoms. The SMILES string of the molecule is COc1ccc(CN(C(=O)c2cccc3ccccc23)C2CC2)cc1. The number of rotatable bonds is 5. The van der Waals surface area contributed by atoms with E-state index >= 15 is 0 Å². The average molecular weight is 331 g/mol. The molecule has 0 radical (unpaired) electrons. The largest absolute Gasteiger partial charge is 0.497 e. The summed E-state index contributed by atoms with van der Waals surface area (Å²) in [6, 6.07) is 22.3. The summed E-state index contributed by atoms with van der Waals surface area (Å²) in [5, 5.41) is 2.13. The molecule has 0 atom stereocenters. The first-order valence-corrected chi connectivity index (χ1v) is 8.68. The summed E-state index contributed by atoms with van der Waals surface area (Å²) in [5.74, 6) is 0.956. The first kappa shape index (κ1) is 15.7. The summed E-state index contributed by atoms with van der Waals surface area (Å²) in [7, 11) is 1.66. The fraction of sp³-hybridized carbons (Fsp3) is 0.227. The monoisotopic (exact) mass is 331 g/mol. The number of nitrogens with zero attached hydrogens (tertiary/aromatic N) is 1. The second-order valence-corrected chi connectivity index (χ2v) is 6.54. The molecule has 0 bridgehead atoms. The maximum atomic E-state index is 13.3. The van der Waals surface area contributed by atoms with Crippen molar-refractivity contribution in [2.24, 2.45) is 0 Å². The molecule has 1 fully saturated rings. The molecule has 4 rings (SSSR count). The van der Waals surface area contributed by atoms with Gasteiger partial charge >= 0.3 is 0 Å². The molecular formula is C22H21NO2. The molecule has 25 heavy (non-hydrogen) atoms. The first-order chi connectivity index (χ1) is 12.3. The molecule has 3 heteroatoms. The minimum absolute atomic E-state index is 0.120. The molecule has 3 aromatic rings. The smallest absolute Gasteiger partial charge is 0.255 e. The molecule has 1 amide bonds. The number of benzene rings is 3. The van der Waals surface area contributed by atoms with Gasteiger partial charge in [0.2, 0.25) is 0 Å². The van der Waals surface area contributed by atoms with Crippen molar-refractivity contribution < 1.29 is 9.53 Å². The molecule has 0 aromatic heterocycles. The Morgan fingerprint density at radius 3 is 2.44 bits per heavy atom. The lowest BCUT2D eigenvalue weighted by atomic mass is 10.0. The number of hydrogen-bond acceptors (Lipinski definition) is 2. The van der Waals surface area contributed by atoms with Gasteiger partial charge in [-0.05, 0) is 47.4 Å². The van der Waals surface area contributed by atoms with Crippen molar-refractivity contribution in [2.45, 2.75) is 25.4 Å². The molecule has 3 aromatic carbocycles. The molecule has 3 nitrogen and oxygen atoms in total. The van der Waals surface area contributed by atoms with E-state index in [4.69, 9.17) is 4.74 Å². The van der Waals surface area contributed by atoms with Gasteiger partial charge in [-0.1, -0.05) is 48.5 Å². The first-order valence-electron chi connectivity index (χ1n) is 8.68. The van der Waals surface area contributed by atoms with Crippen LogP contribution in [0.25, 0.3) is 10.8 Å². The number of methoxy groups -OCH3 is 1. The van der Waals surface area contributed by atoms with Gasteiger partial charge in [0.25, 0.3) is 5.91 Å². The van der Waals surface area contributed by atoms with Gasteiger partial charge < -0.3 is 9.64 Å². The highest BCUT2D eigenvalue weighted by Gasteiger charge is 2.33. The molecular weight excluding hydrogens is 310 g/mol. The lowest BCUT2D eigenvalue weighted by Crippen LogP contribution is -2.32. The van der Waals surface area contributed by atoms with Crippen molar-refractivity contribution in [3.63, 3.8) is 0 Å². The zero-order valence-electron chi connectivity index (χ0n) is 14.3. The van der Waals surface area contributed by atoms with Gasteiger partial charge in [0.1, 0.15) is 5.75 Å². The van der Waals surface area contributed by atoms with Crippen LogP contribution in [0.2, 0.25) is 0 Å². The Hall–Kier alpha value is -2.81. The van der Waals surface area contributed by atoms with Crippen molar-refractivity contribution in [1.82, 2.24) is 4.90 Å². The Morgan fingerprint density at radius 1 is 1.00 bits per heavy atom. The highest BCUT2D eigenvalue weighted by molar-refractivity contribution is 6.07. The normalized spacial score (nSPS) is 13.6. The van der Waals surface area contributed by atoms with E-state index in [0.717, 1.165) is 40.5 Å². The summed E-state index contributed by atoms with van der Waals surface area (Å²) in [4.78, 5) is 15.3. The molecule has 0 heterocycles. The fourth-order valence-corrected chi connectivity index (χ4v) is 3.25. The topological polar surface area (TPSA) is 29.5 Å². The summed E-state index contributed by atoms with van der Waals surface area (Å²) >= 11 is 0. The molecule has 0 saturated heterocycles. The standard InChI is InChI=1S/C22H21NO2/c1-25-19-13-9-16(10-14-19)15-23(18-11-12-18)22(24)21-8-4-6-17-5-2-3-7-20(17)21/h2-10,13-14,18H,11-12,15H2,1H3. The minimum Gasteiger partial charge on any atom is -0.497 e. The van der Waals surface area contributed by atoms with E-state index in [0.29, 0.717) is 12.6 Å². The lowest BCUT2D eigenvalue weighted by Gasteiger charge is -2.23. The third-order valence-corrected chi connectivity index (χ3v) is 4.78. The summed E-state index contributed by atoms with van der Waals surface area (Å²) in [6.45, 7) is 0.636. The molecule has 1 aliphatic carbocycles. The molecule has 1 saturated carbocycles. The number of carbonyl (C=O) groups excluding carboxylic acids is 1. The molecule has 0 aliphatic heterocycles. The van der Waals surface area contributed by atoms with Crippen molar-refractivity contribution in [3.05, 3.63) is 77.9 Å².